The number of halogens is 2. The molecular formula is C49H59F2N7O6. The summed E-state index contributed by atoms with van der Waals surface area (Å²) in [6, 6.07) is 12.3. The number of methoxy groups -OCH3 is 1. The lowest BCUT2D eigenvalue weighted by Gasteiger charge is -2.55. The topological polar surface area (TPSA) is 129 Å². The summed E-state index contributed by atoms with van der Waals surface area (Å²) in [6.45, 7) is 10.1. The highest BCUT2D eigenvalue weighted by atomic mass is 19.1. The number of piperidine rings is 3. The maximum atomic E-state index is 16.3. The molecule has 0 bridgehead atoms. The van der Waals surface area contributed by atoms with Crippen molar-refractivity contribution in [1.82, 2.24) is 20.0 Å². The molecule has 1 saturated carbocycles. The number of ether oxygens (including phenoxy) is 1. The summed E-state index contributed by atoms with van der Waals surface area (Å²) >= 11 is 0. The van der Waals surface area contributed by atoms with Crippen molar-refractivity contribution in [3.05, 3.63) is 76.9 Å². The number of imide groups is 1. The molecule has 64 heavy (non-hydrogen) atoms. The Morgan fingerprint density at radius 2 is 1.42 bits per heavy atom. The fraction of sp³-hybridized carbons (Fsp3) is 0.551. The van der Waals surface area contributed by atoms with Crippen molar-refractivity contribution >= 4 is 40.7 Å². The molecule has 0 unspecified atom stereocenters. The zero-order chi connectivity index (χ0) is 44.3. The Morgan fingerprint density at radius 3 is 2.06 bits per heavy atom. The van der Waals surface area contributed by atoms with Crippen molar-refractivity contribution in [3.8, 4) is 11.5 Å². The first kappa shape index (κ1) is 42.7. The lowest BCUT2D eigenvalue weighted by Crippen LogP contribution is -2.62. The Kier molecular flexibility index (Phi) is 11.5. The molecule has 6 aliphatic heterocycles. The van der Waals surface area contributed by atoms with Crippen LogP contribution in [0.4, 0.5) is 25.8 Å². The van der Waals surface area contributed by atoms with Gasteiger partial charge in [0.1, 0.15) is 17.6 Å². The number of carbonyl (C=O) groups excluding carboxylic acids is 4. The monoisotopic (exact) mass is 879 g/mol. The molecular weight excluding hydrogens is 821 g/mol. The Hall–Kier alpha value is -5.28. The van der Waals surface area contributed by atoms with E-state index in [1.807, 2.05) is 12.1 Å². The quantitative estimate of drug-likeness (QED) is 0.190. The molecule has 0 aromatic heterocycles. The van der Waals surface area contributed by atoms with Crippen LogP contribution < -0.4 is 24.8 Å². The minimum atomic E-state index is -0.807. The van der Waals surface area contributed by atoms with Gasteiger partial charge in [-0.15, -0.1) is 0 Å². The highest BCUT2D eigenvalue weighted by Gasteiger charge is 2.63. The molecule has 3 aromatic carbocycles. The highest BCUT2D eigenvalue weighted by molar-refractivity contribution is 6.08. The van der Waals surface area contributed by atoms with Crippen LogP contribution in [0.5, 0.6) is 11.5 Å². The van der Waals surface area contributed by atoms with Crippen molar-refractivity contribution in [1.29, 1.82) is 0 Å². The second-order valence-electron chi connectivity index (χ2n) is 19.3. The van der Waals surface area contributed by atoms with Crippen molar-refractivity contribution in [3.63, 3.8) is 0 Å². The average molecular weight is 880 g/mol. The van der Waals surface area contributed by atoms with Crippen molar-refractivity contribution < 1.29 is 37.8 Å². The number of β-lactam (4-membered cyclic amide) rings is 1. The van der Waals surface area contributed by atoms with E-state index in [1.165, 1.54) is 23.1 Å². The number of hydrogen-bond acceptors (Lipinski definition) is 10. The van der Waals surface area contributed by atoms with Crippen molar-refractivity contribution in [2.75, 3.05) is 87.3 Å². The summed E-state index contributed by atoms with van der Waals surface area (Å²) < 4.78 is 36.7. The number of benzene rings is 3. The molecule has 6 heterocycles. The molecule has 4 amide bonds. The lowest BCUT2D eigenvalue weighted by atomic mass is 9.66. The van der Waals surface area contributed by atoms with E-state index in [-0.39, 0.29) is 41.6 Å². The molecule has 1 spiro atoms. The predicted molar refractivity (Wildman–Crippen MR) is 237 cm³/mol. The van der Waals surface area contributed by atoms with E-state index in [4.69, 9.17) is 4.74 Å². The lowest BCUT2D eigenvalue weighted by molar-refractivity contribution is -0.140. The van der Waals surface area contributed by atoms with Crippen LogP contribution in [-0.4, -0.2) is 122 Å². The summed E-state index contributed by atoms with van der Waals surface area (Å²) in [7, 11) is 1.56. The van der Waals surface area contributed by atoms with E-state index >= 15 is 4.39 Å². The fourth-order valence-electron chi connectivity index (χ4n) is 12.1. The van der Waals surface area contributed by atoms with Gasteiger partial charge in [0, 0.05) is 101 Å². The van der Waals surface area contributed by atoms with Crippen molar-refractivity contribution in [2.45, 2.75) is 82.8 Å². The minimum Gasteiger partial charge on any atom is -0.503 e. The number of nitrogens with zero attached hydrogens (tertiary/aromatic N) is 6. The van der Waals surface area contributed by atoms with Gasteiger partial charge in [0.15, 0.2) is 11.6 Å². The molecule has 2 N–H and O–H groups in total. The molecule has 1 aliphatic carbocycles. The van der Waals surface area contributed by atoms with Gasteiger partial charge in [-0.05, 0) is 92.7 Å². The van der Waals surface area contributed by atoms with Crippen LogP contribution in [0.1, 0.15) is 91.7 Å². The van der Waals surface area contributed by atoms with Crippen LogP contribution >= 0.6 is 0 Å². The molecule has 0 radical (unpaired) electrons. The third kappa shape index (κ3) is 7.65. The Balaban J connectivity index is 0.690. The maximum Gasteiger partial charge on any atom is 0.255 e. The molecule has 15 heteroatoms. The van der Waals surface area contributed by atoms with Crippen LogP contribution in [0.15, 0.2) is 48.5 Å². The van der Waals surface area contributed by atoms with Crippen molar-refractivity contribution in [2.24, 2.45) is 17.3 Å². The van der Waals surface area contributed by atoms with Gasteiger partial charge in [-0.25, -0.2) is 8.78 Å². The minimum absolute atomic E-state index is 0.0943. The summed E-state index contributed by atoms with van der Waals surface area (Å²) in [6.07, 6.45) is 7.79. The van der Waals surface area contributed by atoms with E-state index in [1.54, 1.807) is 18.1 Å². The van der Waals surface area contributed by atoms with E-state index in [9.17, 15) is 28.7 Å². The van der Waals surface area contributed by atoms with E-state index < -0.39 is 29.1 Å². The number of amides is 4. The number of hydrogen-bond donors (Lipinski definition) is 2. The molecule has 340 valence electrons. The smallest absolute Gasteiger partial charge is 0.255 e. The molecule has 5 saturated heterocycles. The number of aromatic hydroxyl groups is 1. The van der Waals surface area contributed by atoms with E-state index in [0.717, 1.165) is 121 Å². The fourth-order valence-corrected chi connectivity index (χ4v) is 12.1. The third-order valence-corrected chi connectivity index (χ3v) is 15.7. The second kappa shape index (κ2) is 17.3. The molecule has 6 fully saturated rings. The van der Waals surface area contributed by atoms with Gasteiger partial charge in [0.2, 0.25) is 17.7 Å². The van der Waals surface area contributed by atoms with Crippen LogP contribution in [0.2, 0.25) is 0 Å². The average Bonchev–Trinajstić information content (AvgIpc) is 3.94. The molecule has 10 rings (SSSR count). The van der Waals surface area contributed by atoms with Gasteiger partial charge >= 0.3 is 0 Å². The van der Waals surface area contributed by atoms with Gasteiger partial charge in [0.25, 0.3) is 5.91 Å². The number of phenolic OH excluding ortho intramolecular Hbond substituents is 1. The Bertz CT molecular complexity index is 2320. The van der Waals surface area contributed by atoms with Crippen LogP contribution in [0.25, 0.3) is 0 Å². The second-order valence-corrected chi connectivity index (χ2v) is 19.3. The van der Waals surface area contributed by atoms with Crippen LogP contribution in [0, 0.1) is 28.9 Å². The standard InChI is InChI=1S/C49H59F2N7O6/c1-64-42-27-41(38(51)26-36(42)45-49(15-2-3-16-49)48(63)58(45)39-6-4-5-37(50)44(39)60)56-19-13-32(14-20-56)29-54-23-21-53(22-24-54)28-31-11-17-55(18-12-31)34-8-7-33-30-57(47(62)35(33)25-34)40-9-10-43(59)52-46(40)61/h4-8,25-27,31-32,40,45,60H,2-3,9-24,28-30H2,1H3,(H,52,59,61)/t40-,45-/m0/s1. The number of nitrogens with one attached hydrogen (secondary N) is 1. The first-order chi connectivity index (χ1) is 31.0. The van der Waals surface area contributed by atoms with Gasteiger partial charge in [-0.1, -0.05) is 25.0 Å². The summed E-state index contributed by atoms with van der Waals surface area (Å²) in [4.78, 5) is 64.0. The number of fused-ring (bicyclic) bond motifs is 1. The number of anilines is 3. The predicted octanol–water partition coefficient (Wildman–Crippen LogP) is 5.84. The zero-order valence-corrected chi connectivity index (χ0v) is 36.7. The highest BCUT2D eigenvalue weighted by Crippen LogP contribution is 2.62. The summed E-state index contributed by atoms with van der Waals surface area (Å²) in [5, 5.41) is 13.0. The van der Waals surface area contributed by atoms with Gasteiger partial charge in [-0.2, -0.15) is 0 Å². The first-order valence-corrected chi connectivity index (χ1v) is 23.4. The summed E-state index contributed by atoms with van der Waals surface area (Å²) in [5.74, 6) is -1.08. The SMILES string of the molecule is COc1cc(N2CCC(CN3CCN(CC4CCN(c5ccc6c(c5)C(=O)N([C@H]5CCC(=O)NC5=O)C6)CC4)CC3)CC2)c(F)cc1[C@@H]1N(c2cccc(F)c2O)C(=O)C12CCCC2. The number of carbonyl (C=O) groups is 4. The van der Waals surface area contributed by atoms with E-state index in [0.29, 0.717) is 60.2 Å². The number of piperazine rings is 1. The maximum absolute atomic E-state index is 16.3. The zero-order valence-electron chi connectivity index (χ0n) is 36.7. The van der Waals surface area contributed by atoms with E-state index in [2.05, 4.69) is 31.0 Å². The Morgan fingerprint density at radius 1 is 0.766 bits per heavy atom. The largest absolute Gasteiger partial charge is 0.503 e. The normalized spacial score (nSPS) is 24.7. The molecule has 7 aliphatic rings. The van der Waals surface area contributed by atoms with Crippen LogP contribution in [-0.2, 0) is 20.9 Å². The number of rotatable bonds is 10. The molecule has 13 nitrogen and oxygen atoms in total. The summed E-state index contributed by atoms with van der Waals surface area (Å²) in [5.41, 5.74) is 3.04. The Labute approximate surface area is 373 Å². The molecule has 2 atom stereocenters. The molecule has 3 aromatic rings. The van der Waals surface area contributed by atoms with Crippen LogP contribution in [0.3, 0.4) is 0 Å². The van der Waals surface area contributed by atoms with Gasteiger partial charge < -0.3 is 34.3 Å². The van der Waals surface area contributed by atoms with Gasteiger partial charge in [-0.3, -0.25) is 29.4 Å². The number of phenols is 1. The third-order valence-electron chi connectivity index (χ3n) is 15.7. The van der Waals surface area contributed by atoms with Gasteiger partial charge in [0.05, 0.1) is 29.9 Å². The first-order valence-electron chi connectivity index (χ1n) is 23.4. The number of para-hydroxylation sites is 1.